The summed E-state index contributed by atoms with van der Waals surface area (Å²) in [7, 11) is 0. The molecule has 3 heteroatoms. The van der Waals surface area contributed by atoms with Crippen LogP contribution in [0.25, 0.3) is 5.76 Å². The predicted molar refractivity (Wildman–Crippen MR) is 78.6 cm³/mol. The molecule has 0 saturated heterocycles. The molecule has 0 atom stereocenters. The topological polar surface area (TPSA) is 54.4 Å². The van der Waals surface area contributed by atoms with Gasteiger partial charge in [0.15, 0.2) is 0 Å². The number of hydrogen-bond donors (Lipinski definition) is 1. The number of carbonyl (C=O) groups excluding carboxylic acids is 2. The van der Waals surface area contributed by atoms with Crippen LogP contribution in [-0.2, 0) is 4.79 Å². The number of allylic oxidation sites excluding steroid dienone is 3. The monoisotopic (exact) mass is 270 g/mol. The van der Waals surface area contributed by atoms with Gasteiger partial charge in [-0.15, -0.1) is 0 Å². The van der Waals surface area contributed by atoms with Gasteiger partial charge in [-0.3, -0.25) is 9.59 Å². The Kier molecular flexibility index (Phi) is 4.51. The number of hydrogen-bond acceptors (Lipinski definition) is 3. The van der Waals surface area contributed by atoms with Crippen molar-refractivity contribution in [2.24, 2.45) is 0 Å². The number of Topliss-reactive ketones (excluding diaryl/α,β-unsaturated/α-hetero) is 2. The lowest BCUT2D eigenvalue weighted by molar-refractivity contribution is -0.111. The predicted octanol–water partition coefficient (Wildman–Crippen LogP) is 3.86. The second kappa shape index (κ2) is 6.33. The van der Waals surface area contributed by atoms with Crippen molar-refractivity contribution in [3.05, 3.63) is 53.1 Å². The molecule has 104 valence electrons. The number of unbranched alkanes of at least 4 members (excludes halogenated alkanes) is 3. The van der Waals surface area contributed by atoms with E-state index in [1.165, 1.54) is 0 Å². The van der Waals surface area contributed by atoms with Gasteiger partial charge in [-0.05, 0) is 12.8 Å². The molecule has 0 amide bonds. The molecule has 0 unspecified atom stereocenters. The van der Waals surface area contributed by atoms with E-state index in [0.717, 1.165) is 25.7 Å². The summed E-state index contributed by atoms with van der Waals surface area (Å²) in [5.74, 6) is -1.28. The Labute approximate surface area is 118 Å². The second-order valence-corrected chi connectivity index (χ2v) is 4.86. The normalized spacial score (nSPS) is 15.1. The number of benzene rings is 1. The molecule has 20 heavy (non-hydrogen) atoms. The number of rotatable bonds is 5. The molecular formula is C17H18O3. The van der Waals surface area contributed by atoms with Gasteiger partial charge in [0.1, 0.15) is 5.76 Å². The third-order valence-electron chi connectivity index (χ3n) is 3.39. The van der Waals surface area contributed by atoms with Crippen molar-refractivity contribution >= 4 is 17.3 Å². The van der Waals surface area contributed by atoms with Gasteiger partial charge in [0.2, 0.25) is 11.6 Å². The van der Waals surface area contributed by atoms with E-state index in [1.807, 2.05) is 6.08 Å². The molecule has 0 spiro atoms. The van der Waals surface area contributed by atoms with Crippen molar-refractivity contribution in [1.82, 2.24) is 0 Å². The zero-order valence-corrected chi connectivity index (χ0v) is 11.6. The number of fused-ring (bicyclic) bond motifs is 1. The van der Waals surface area contributed by atoms with E-state index >= 15 is 0 Å². The molecule has 0 fully saturated rings. The first-order chi connectivity index (χ1) is 9.66. The van der Waals surface area contributed by atoms with Crippen molar-refractivity contribution in [2.45, 2.75) is 32.6 Å². The average molecular weight is 270 g/mol. The van der Waals surface area contributed by atoms with Crippen molar-refractivity contribution in [1.29, 1.82) is 0 Å². The number of aliphatic hydroxyl groups is 1. The van der Waals surface area contributed by atoms with E-state index in [-0.39, 0.29) is 16.9 Å². The van der Waals surface area contributed by atoms with Gasteiger partial charge in [-0.25, -0.2) is 0 Å². The fourth-order valence-corrected chi connectivity index (χ4v) is 2.25. The molecule has 0 aromatic heterocycles. The second-order valence-electron chi connectivity index (χ2n) is 4.86. The lowest BCUT2D eigenvalue weighted by Crippen LogP contribution is -2.23. The van der Waals surface area contributed by atoms with Gasteiger partial charge in [-0.2, -0.15) is 0 Å². The molecule has 2 rings (SSSR count). The Morgan fingerprint density at radius 1 is 1.05 bits per heavy atom. The van der Waals surface area contributed by atoms with E-state index in [2.05, 4.69) is 6.92 Å². The van der Waals surface area contributed by atoms with Crippen LogP contribution in [0.5, 0.6) is 0 Å². The first-order valence-corrected chi connectivity index (χ1v) is 6.95. The Morgan fingerprint density at radius 3 is 2.45 bits per heavy atom. The summed E-state index contributed by atoms with van der Waals surface area (Å²) in [5.41, 5.74) is 0.814. The zero-order valence-electron chi connectivity index (χ0n) is 11.6. The molecule has 0 aliphatic heterocycles. The summed E-state index contributed by atoms with van der Waals surface area (Å²) in [5, 5.41) is 10.2. The fourth-order valence-electron chi connectivity index (χ4n) is 2.25. The quantitative estimate of drug-likeness (QED) is 0.653. The van der Waals surface area contributed by atoms with Crippen LogP contribution in [0.3, 0.4) is 0 Å². The van der Waals surface area contributed by atoms with Crippen LogP contribution in [0, 0.1) is 0 Å². The smallest absolute Gasteiger partial charge is 0.237 e. The molecule has 1 aliphatic rings. The minimum atomic E-state index is -0.632. The van der Waals surface area contributed by atoms with Crippen LogP contribution in [0.1, 0.15) is 48.5 Å². The highest BCUT2D eigenvalue weighted by molar-refractivity contribution is 6.52. The van der Waals surface area contributed by atoms with Gasteiger partial charge in [0.05, 0.1) is 5.57 Å². The summed E-state index contributed by atoms with van der Waals surface area (Å²) in [6, 6.07) is 6.64. The lowest BCUT2D eigenvalue weighted by atomic mass is 9.88. The first kappa shape index (κ1) is 14.3. The minimum absolute atomic E-state index is 0.100. The summed E-state index contributed by atoms with van der Waals surface area (Å²) < 4.78 is 0. The summed E-state index contributed by atoms with van der Waals surface area (Å²) >= 11 is 0. The van der Waals surface area contributed by atoms with Crippen LogP contribution in [-0.4, -0.2) is 16.7 Å². The van der Waals surface area contributed by atoms with Crippen LogP contribution in [0.4, 0.5) is 0 Å². The molecule has 0 radical (unpaired) electrons. The fraction of sp³-hybridized carbons (Fsp3) is 0.294. The van der Waals surface area contributed by atoms with Gasteiger partial charge in [0.25, 0.3) is 0 Å². The first-order valence-electron chi connectivity index (χ1n) is 6.95. The van der Waals surface area contributed by atoms with Crippen LogP contribution < -0.4 is 0 Å². The molecule has 1 N–H and O–H groups in total. The lowest BCUT2D eigenvalue weighted by Gasteiger charge is -2.15. The maximum absolute atomic E-state index is 12.0. The Balaban J connectivity index is 2.28. The Hall–Kier alpha value is -2.16. The third kappa shape index (κ3) is 2.72. The molecular weight excluding hydrogens is 252 g/mol. The maximum atomic E-state index is 12.0. The zero-order chi connectivity index (χ0) is 14.5. The van der Waals surface area contributed by atoms with Crippen molar-refractivity contribution < 1.29 is 14.7 Å². The van der Waals surface area contributed by atoms with E-state index in [0.29, 0.717) is 5.56 Å². The van der Waals surface area contributed by atoms with Crippen LogP contribution in [0.2, 0.25) is 0 Å². The van der Waals surface area contributed by atoms with Gasteiger partial charge in [-0.1, -0.05) is 56.2 Å². The summed E-state index contributed by atoms with van der Waals surface area (Å²) in [4.78, 5) is 24.0. The highest BCUT2D eigenvalue weighted by Gasteiger charge is 2.30. The van der Waals surface area contributed by atoms with E-state index in [1.54, 1.807) is 30.3 Å². The number of ketones is 2. The van der Waals surface area contributed by atoms with E-state index < -0.39 is 11.6 Å². The largest absolute Gasteiger partial charge is 0.507 e. The Bertz CT molecular complexity index is 594. The molecule has 0 saturated carbocycles. The number of aliphatic hydroxyl groups excluding tert-OH is 1. The molecule has 1 aromatic carbocycles. The van der Waals surface area contributed by atoms with Gasteiger partial charge >= 0.3 is 0 Å². The molecule has 1 aliphatic carbocycles. The minimum Gasteiger partial charge on any atom is -0.507 e. The molecule has 3 nitrogen and oxygen atoms in total. The standard InChI is InChI=1S/C17H18O3/c1-2-3-4-5-6-11-14-15(18)12-9-7-8-10-13(12)16(19)17(14)20/h6-11,18H,2-5H2,1H3. The molecule has 1 aromatic rings. The van der Waals surface area contributed by atoms with E-state index in [4.69, 9.17) is 0 Å². The average Bonchev–Trinajstić information content (AvgIpc) is 2.48. The van der Waals surface area contributed by atoms with Crippen molar-refractivity contribution in [3.63, 3.8) is 0 Å². The Morgan fingerprint density at radius 2 is 1.75 bits per heavy atom. The van der Waals surface area contributed by atoms with Gasteiger partial charge < -0.3 is 5.11 Å². The summed E-state index contributed by atoms with van der Waals surface area (Å²) in [6.07, 6.45) is 7.56. The highest BCUT2D eigenvalue weighted by Crippen LogP contribution is 2.28. The summed E-state index contributed by atoms with van der Waals surface area (Å²) in [6.45, 7) is 2.12. The van der Waals surface area contributed by atoms with Crippen LogP contribution >= 0.6 is 0 Å². The third-order valence-corrected chi connectivity index (χ3v) is 3.39. The van der Waals surface area contributed by atoms with E-state index in [9.17, 15) is 14.7 Å². The van der Waals surface area contributed by atoms with Crippen molar-refractivity contribution in [2.75, 3.05) is 0 Å². The van der Waals surface area contributed by atoms with Crippen molar-refractivity contribution in [3.8, 4) is 0 Å². The van der Waals surface area contributed by atoms with Gasteiger partial charge in [0, 0.05) is 11.1 Å². The highest BCUT2D eigenvalue weighted by atomic mass is 16.3. The number of carbonyl (C=O) groups is 2. The molecule has 0 heterocycles. The molecule has 0 bridgehead atoms. The maximum Gasteiger partial charge on any atom is 0.237 e. The van der Waals surface area contributed by atoms with Crippen LogP contribution in [0.15, 0.2) is 42.0 Å². The SMILES string of the molecule is CCCCCC=CC1=C(O)c2ccccc2C(=O)C1=O.